The monoisotopic (exact) mass is 322 g/mol. The van der Waals surface area contributed by atoms with Crippen molar-refractivity contribution in [2.75, 3.05) is 13.1 Å². The zero-order valence-corrected chi connectivity index (χ0v) is 13.7. The summed E-state index contributed by atoms with van der Waals surface area (Å²) < 4.78 is 7.68. The summed E-state index contributed by atoms with van der Waals surface area (Å²) in [7, 11) is 0. The second-order valence-electron chi connectivity index (χ2n) is 6.46. The van der Waals surface area contributed by atoms with E-state index in [2.05, 4.69) is 43.9 Å². The average Bonchev–Trinajstić information content (AvgIpc) is 3.28. The van der Waals surface area contributed by atoms with Gasteiger partial charge >= 0.3 is 0 Å². The van der Waals surface area contributed by atoms with E-state index in [1.807, 2.05) is 24.5 Å². The van der Waals surface area contributed by atoms with Crippen molar-refractivity contribution in [3.63, 3.8) is 0 Å². The number of nitrogens with zero attached hydrogens (tertiary/aromatic N) is 4. The third-order valence-electron chi connectivity index (χ3n) is 4.67. The van der Waals surface area contributed by atoms with E-state index < -0.39 is 0 Å². The molecule has 0 amide bonds. The Morgan fingerprint density at radius 3 is 2.83 bits per heavy atom. The molecule has 1 atom stereocenters. The fourth-order valence-corrected chi connectivity index (χ4v) is 3.51. The molecule has 2 aromatic heterocycles. The first kappa shape index (κ1) is 15.1. The third kappa shape index (κ3) is 3.41. The van der Waals surface area contributed by atoms with Crippen molar-refractivity contribution in [3.05, 3.63) is 72.2 Å². The van der Waals surface area contributed by atoms with E-state index in [-0.39, 0.29) is 0 Å². The van der Waals surface area contributed by atoms with Gasteiger partial charge in [-0.05, 0) is 37.1 Å². The van der Waals surface area contributed by atoms with E-state index in [0.29, 0.717) is 5.92 Å². The van der Waals surface area contributed by atoms with Gasteiger partial charge < -0.3 is 8.98 Å². The molecule has 0 spiro atoms. The SMILES string of the molecule is c1ccc(Cn2cnnc2[C@H]2CCCN(Cc3ccco3)C2)cc1. The molecule has 3 aromatic rings. The molecule has 24 heavy (non-hydrogen) atoms. The van der Waals surface area contributed by atoms with Crippen LogP contribution >= 0.6 is 0 Å². The van der Waals surface area contributed by atoms with Crippen LogP contribution in [0.3, 0.4) is 0 Å². The van der Waals surface area contributed by atoms with Gasteiger partial charge in [0, 0.05) is 12.5 Å². The van der Waals surface area contributed by atoms with Gasteiger partial charge in [0.15, 0.2) is 0 Å². The molecular formula is C19H22N4O. The van der Waals surface area contributed by atoms with Crippen LogP contribution in [-0.4, -0.2) is 32.8 Å². The minimum absolute atomic E-state index is 0.430. The molecule has 0 saturated carbocycles. The summed E-state index contributed by atoms with van der Waals surface area (Å²) in [6, 6.07) is 14.5. The summed E-state index contributed by atoms with van der Waals surface area (Å²) in [4.78, 5) is 2.45. The number of aromatic nitrogens is 3. The number of hydrogen-bond donors (Lipinski definition) is 0. The van der Waals surface area contributed by atoms with E-state index in [1.165, 1.54) is 18.4 Å². The van der Waals surface area contributed by atoms with Gasteiger partial charge in [0.05, 0.1) is 19.4 Å². The number of likely N-dealkylation sites (tertiary alicyclic amines) is 1. The molecule has 5 nitrogen and oxygen atoms in total. The zero-order chi connectivity index (χ0) is 16.2. The second kappa shape index (κ2) is 7.01. The Morgan fingerprint density at radius 1 is 1.08 bits per heavy atom. The molecular weight excluding hydrogens is 300 g/mol. The van der Waals surface area contributed by atoms with Crippen LogP contribution in [0.2, 0.25) is 0 Å². The van der Waals surface area contributed by atoms with Crippen molar-refractivity contribution in [3.8, 4) is 0 Å². The molecule has 0 unspecified atom stereocenters. The van der Waals surface area contributed by atoms with Crippen LogP contribution in [-0.2, 0) is 13.1 Å². The molecule has 0 N–H and O–H groups in total. The minimum Gasteiger partial charge on any atom is -0.468 e. The number of piperidine rings is 1. The van der Waals surface area contributed by atoms with Crippen LogP contribution in [0.1, 0.15) is 35.9 Å². The average molecular weight is 322 g/mol. The first-order chi connectivity index (χ1) is 11.9. The summed E-state index contributed by atoms with van der Waals surface area (Å²) in [6.07, 6.45) is 5.95. The van der Waals surface area contributed by atoms with Gasteiger partial charge in [0.2, 0.25) is 0 Å². The molecule has 1 aliphatic heterocycles. The van der Waals surface area contributed by atoms with Gasteiger partial charge in [-0.15, -0.1) is 10.2 Å². The Bertz CT molecular complexity index is 751. The van der Waals surface area contributed by atoms with Crippen LogP contribution in [0, 0.1) is 0 Å². The van der Waals surface area contributed by atoms with Gasteiger partial charge in [-0.2, -0.15) is 0 Å². The fraction of sp³-hybridized carbons (Fsp3) is 0.368. The van der Waals surface area contributed by atoms with Crippen LogP contribution in [0.5, 0.6) is 0 Å². The molecule has 0 bridgehead atoms. The summed E-state index contributed by atoms with van der Waals surface area (Å²) >= 11 is 0. The molecule has 0 radical (unpaired) electrons. The topological polar surface area (TPSA) is 47.1 Å². The highest BCUT2D eigenvalue weighted by molar-refractivity contribution is 5.16. The normalized spacial score (nSPS) is 18.8. The maximum Gasteiger partial charge on any atom is 0.137 e. The largest absolute Gasteiger partial charge is 0.468 e. The van der Waals surface area contributed by atoms with Crippen LogP contribution in [0.15, 0.2) is 59.5 Å². The van der Waals surface area contributed by atoms with Gasteiger partial charge in [0.25, 0.3) is 0 Å². The van der Waals surface area contributed by atoms with Crippen LogP contribution in [0.25, 0.3) is 0 Å². The number of furan rings is 1. The number of hydrogen-bond acceptors (Lipinski definition) is 4. The second-order valence-corrected chi connectivity index (χ2v) is 6.46. The lowest BCUT2D eigenvalue weighted by molar-refractivity contribution is 0.182. The smallest absolute Gasteiger partial charge is 0.137 e. The highest BCUT2D eigenvalue weighted by atomic mass is 16.3. The quantitative estimate of drug-likeness (QED) is 0.723. The first-order valence-corrected chi connectivity index (χ1v) is 8.55. The third-order valence-corrected chi connectivity index (χ3v) is 4.67. The molecule has 1 fully saturated rings. The molecule has 3 heterocycles. The Kier molecular flexibility index (Phi) is 4.42. The van der Waals surface area contributed by atoms with Gasteiger partial charge in [0.1, 0.15) is 17.9 Å². The summed E-state index contributed by atoms with van der Waals surface area (Å²) in [5.41, 5.74) is 1.28. The van der Waals surface area contributed by atoms with E-state index in [4.69, 9.17) is 4.42 Å². The van der Waals surface area contributed by atoms with Gasteiger partial charge in [-0.25, -0.2) is 0 Å². The predicted molar refractivity (Wildman–Crippen MR) is 91.5 cm³/mol. The number of benzene rings is 1. The standard InChI is InChI=1S/C19H22N4O/c1-2-6-16(7-3-1)12-23-15-20-21-19(23)17-8-4-10-22(13-17)14-18-9-5-11-24-18/h1-3,5-7,9,11,15,17H,4,8,10,12-14H2/t17-/m0/s1. The summed E-state index contributed by atoms with van der Waals surface area (Å²) in [5, 5.41) is 8.60. The lowest BCUT2D eigenvalue weighted by atomic mass is 9.97. The first-order valence-electron chi connectivity index (χ1n) is 8.55. The summed E-state index contributed by atoms with van der Waals surface area (Å²) in [5.74, 6) is 2.56. The molecule has 1 aliphatic rings. The van der Waals surface area contributed by atoms with Crippen LogP contribution < -0.4 is 0 Å². The number of rotatable bonds is 5. The van der Waals surface area contributed by atoms with Crippen molar-refractivity contribution >= 4 is 0 Å². The van der Waals surface area contributed by atoms with E-state index in [9.17, 15) is 0 Å². The molecule has 1 aromatic carbocycles. The minimum atomic E-state index is 0.430. The molecule has 0 aliphatic carbocycles. The maximum absolute atomic E-state index is 5.49. The van der Waals surface area contributed by atoms with Crippen molar-refractivity contribution in [2.24, 2.45) is 0 Å². The van der Waals surface area contributed by atoms with Crippen molar-refractivity contribution < 1.29 is 4.42 Å². The van der Waals surface area contributed by atoms with Gasteiger partial charge in [-0.3, -0.25) is 4.90 Å². The van der Waals surface area contributed by atoms with E-state index in [0.717, 1.165) is 37.8 Å². The van der Waals surface area contributed by atoms with Crippen molar-refractivity contribution in [1.82, 2.24) is 19.7 Å². The van der Waals surface area contributed by atoms with Gasteiger partial charge in [-0.1, -0.05) is 30.3 Å². The molecule has 5 heteroatoms. The van der Waals surface area contributed by atoms with Crippen LogP contribution in [0.4, 0.5) is 0 Å². The van der Waals surface area contributed by atoms with E-state index >= 15 is 0 Å². The Hall–Kier alpha value is -2.40. The fourth-order valence-electron chi connectivity index (χ4n) is 3.51. The van der Waals surface area contributed by atoms with Crippen molar-refractivity contribution in [2.45, 2.75) is 31.8 Å². The highest BCUT2D eigenvalue weighted by Gasteiger charge is 2.25. The highest BCUT2D eigenvalue weighted by Crippen LogP contribution is 2.26. The predicted octanol–water partition coefficient (Wildman–Crippen LogP) is 3.30. The van der Waals surface area contributed by atoms with Crippen molar-refractivity contribution in [1.29, 1.82) is 0 Å². The molecule has 124 valence electrons. The Balaban J connectivity index is 1.46. The Labute approximate surface area is 141 Å². The lowest BCUT2D eigenvalue weighted by Crippen LogP contribution is -2.34. The Morgan fingerprint density at radius 2 is 2.00 bits per heavy atom. The summed E-state index contributed by atoms with van der Waals surface area (Å²) in [6.45, 7) is 3.83. The van der Waals surface area contributed by atoms with E-state index in [1.54, 1.807) is 6.26 Å². The maximum atomic E-state index is 5.49. The lowest BCUT2D eigenvalue weighted by Gasteiger charge is -2.31. The molecule has 1 saturated heterocycles. The zero-order valence-electron chi connectivity index (χ0n) is 13.7. The molecule has 4 rings (SSSR count).